The smallest absolute Gasteiger partial charge is 0.340 e. The molecule has 0 radical (unpaired) electrons. The highest BCUT2D eigenvalue weighted by Crippen LogP contribution is 2.29. The van der Waals surface area contributed by atoms with Gasteiger partial charge in [-0.3, -0.25) is 0 Å². The highest BCUT2D eigenvalue weighted by Gasteiger charge is 2.34. The number of carboxylic acid groups (broad SMARTS) is 1. The predicted molar refractivity (Wildman–Crippen MR) is 69.8 cm³/mol. The number of hydrogen-bond donors (Lipinski definition) is 1. The van der Waals surface area contributed by atoms with E-state index in [0.717, 1.165) is 4.31 Å². The van der Waals surface area contributed by atoms with Crippen molar-refractivity contribution < 1.29 is 22.7 Å². The van der Waals surface area contributed by atoms with E-state index in [0.29, 0.717) is 0 Å². The summed E-state index contributed by atoms with van der Waals surface area (Å²) in [4.78, 5) is 10.9. The molecule has 19 heavy (non-hydrogen) atoms. The molecule has 0 aliphatic rings. The average Bonchev–Trinajstić information content (AvgIpc) is 2.61. The summed E-state index contributed by atoms with van der Waals surface area (Å²) in [6.07, 6.45) is 1.45. The first-order valence-corrected chi connectivity index (χ1v) is 7.15. The SMILES string of the molecule is C=CCN(CC)S(=O)(=O)c1c(C)oc(C)c1C(=O)O. The molecule has 0 saturated heterocycles. The van der Waals surface area contributed by atoms with Gasteiger partial charge in [0.25, 0.3) is 0 Å². The Labute approximate surface area is 112 Å². The Morgan fingerprint density at radius 3 is 2.42 bits per heavy atom. The van der Waals surface area contributed by atoms with Gasteiger partial charge < -0.3 is 9.52 Å². The first-order chi connectivity index (χ1) is 8.77. The van der Waals surface area contributed by atoms with E-state index in [1.165, 1.54) is 19.9 Å². The summed E-state index contributed by atoms with van der Waals surface area (Å²) in [5.74, 6) is -1.15. The summed E-state index contributed by atoms with van der Waals surface area (Å²) in [7, 11) is -3.91. The predicted octanol–water partition coefficient (Wildman–Crippen LogP) is 1.79. The van der Waals surface area contributed by atoms with Crippen molar-refractivity contribution in [3.63, 3.8) is 0 Å². The van der Waals surface area contributed by atoms with E-state index in [2.05, 4.69) is 6.58 Å². The maximum absolute atomic E-state index is 12.5. The van der Waals surface area contributed by atoms with E-state index < -0.39 is 16.0 Å². The third-order valence-electron chi connectivity index (χ3n) is 2.70. The van der Waals surface area contributed by atoms with Crippen molar-refractivity contribution in [3.8, 4) is 0 Å². The van der Waals surface area contributed by atoms with Crippen LogP contribution in [-0.2, 0) is 10.0 Å². The number of aromatic carboxylic acids is 1. The Bertz CT molecular complexity index is 600. The number of sulfonamides is 1. The van der Waals surface area contributed by atoms with Crippen LogP contribution in [-0.4, -0.2) is 36.9 Å². The number of aryl methyl sites for hydroxylation is 2. The summed E-state index contributed by atoms with van der Waals surface area (Å²) in [5, 5.41) is 9.14. The lowest BCUT2D eigenvalue weighted by Gasteiger charge is -2.18. The van der Waals surface area contributed by atoms with E-state index in [1.54, 1.807) is 6.92 Å². The fraction of sp³-hybridized carbons (Fsp3) is 0.417. The van der Waals surface area contributed by atoms with Gasteiger partial charge in [0.15, 0.2) is 0 Å². The molecule has 0 aliphatic carbocycles. The van der Waals surface area contributed by atoms with Crippen molar-refractivity contribution in [2.75, 3.05) is 13.1 Å². The second kappa shape index (κ2) is 5.58. The zero-order chi connectivity index (χ0) is 14.8. The van der Waals surface area contributed by atoms with Crippen molar-refractivity contribution in [2.24, 2.45) is 0 Å². The lowest BCUT2D eigenvalue weighted by atomic mass is 10.2. The largest absolute Gasteiger partial charge is 0.478 e. The Morgan fingerprint density at radius 2 is 2.00 bits per heavy atom. The fourth-order valence-corrected chi connectivity index (χ4v) is 3.69. The van der Waals surface area contributed by atoms with Crippen molar-refractivity contribution in [2.45, 2.75) is 25.7 Å². The second-order valence-corrected chi connectivity index (χ2v) is 5.84. The van der Waals surface area contributed by atoms with Gasteiger partial charge in [0.1, 0.15) is 22.0 Å². The summed E-state index contributed by atoms with van der Waals surface area (Å²) in [5.41, 5.74) is -0.306. The van der Waals surface area contributed by atoms with Crippen LogP contribution in [0.4, 0.5) is 0 Å². The lowest BCUT2D eigenvalue weighted by molar-refractivity contribution is 0.0691. The van der Waals surface area contributed by atoms with Crippen molar-refractivity contribution in [3.05, 3.63) is 29.7 Å². The van der Waals surface area contributed by atoms with Gasteiger partial charge in [-0.15, -0.1) is 6.58 Å². The maximum Gasteiger partial charge on any atom is 0.340 e. The lowest BCUT2D eigenvalue weighted by Crippen LogP contribution is -2.32. The van der Waals surface area contributed by atoms with Gasteiger partial charge in [0.2, 0.25) is 10.0 Å². The second-order valence-electron chi connectivity index (χ2n) is 3.97. The van der Waals surface area contributed by atoms with Crippen LogP contribution in [0.25, 0.3) is 0 Å². The Balaban J connectivity index is 3.52. The number of rotatable bonds is 6. The molecule has 1 aromatic rings. The summed E-state index contributed by atoms with van der Waals surface area (Å²) < 4.78 is 31.2. The fourth-order valence-electron chi connectivity index (χ4n) is 1.89. The molecular weight excluding hydrogens is 270 g/mol. The minimum atomic E-state index is -3.91. The zero-order valence-electron chi connectivity index (χ0n) is 11.1. The monoisotopic (exact) mass is 287 g/mol. The van der Waals surface area contributed by atoms with Crippen LogP contribution in [0.1, 0.15) is 28.8 Å². The van der Waals surface area contributed by atoms with E-state index in [4.69, 9.17) is 9.52 Å². The van der Waals surface area contributed by atoms with Crippen LogP contribution in [0.5, 0.6) is 0 Å². The van der Waals surface area contributed by atoms with E-state index in [1.807, 2.05) is 0 Å². The number of hydrogen-bond acceptors (Lipinski definition) is 4. The molecule has 106 valence electrons. The van der Waals surface area contributed by atoms with E-state index in [-0.39, 0.29) is 35.1 Å². The summed E-state index contributed by atoms with van der Waals surface area (Å²) >= 11 is 0. The zero-order valence-corrected chi connectivity index (χ0v) is 12.0. The normalized spacial score (nSPS) is 11.8. The van der Waals surface area contributed by atoms with Crippen molar-refractivity contribution >= 4 is 16.0 Å². The Kier molecular flexibility index (Phi) is 4.54. The summed E-state index contributed by atoms with van der Waals surface area (Å²) in [6, 6.07) is 0. The molecule has 1 rings (SSSR count). The molecule has 0 saturated carbocycles. The molecule has 1 N–H and O–H groups in total. The van der Waals surface area contributed by atoms with E-state index in [9.17, 15) is 13.2 Å². The molecule has 0 spiro atoms. The minimum absolute atomic E-state index is 0.0809. The number of furan rings is 1. The molecule has 0 amide bonds. The first-order valence-electron chi connectivity index (χ1n) is 5.71. The molecule has 0 fully saturated rings. The van der Waals surface area contributed by atoms with Crippen molar-refractivity contribution in [1.29, 1.82) is 0 Å². The molecule has 6 nitrogen and oxygen atoms in total. The molecule has 1 aromatic heterocycles. The third kappa shape index (κ3) is 2.71. The maximum atomic E-state index is 12.5. The highest BCUT2D eigenvalue weighted by atomic mass is 32.2. The van der Waals surface area contributed by atoms with Crippen LogP contribution < -0.4 is 0 Å². The number of likely N-dealkylation sites (N-methyl/N-ethyl adjacent to an activating group) is 1. The van der Waals surface area contributed by atoms with Crippen LogP contribution in [0.15, 0.2) is 22.0 Å². The first kappa shape index (κ1) is 15.5. The van der Waals surface area contributed by atoms with Crippen LogP contribution in [0.2, 0.25) is 0 Å². The topological polar surface area (TPSA) is 87.8 Å². The highest BCUT2D eigenvalue weighted by molar-refractivity contribution is 7.89. The Morgan fingerprint density at radius 1 is 1.42 bits per heavy atom. The van der Waals surface area contributed by atoms with Gasteiger partial charge in [-0.2, -0.15) is 4.31 Å². The van der Waals surface area contributed by atoms with Crippen LogP contribution >= 0.6 is 0 Å². The molecule has 0 unspecified atom stereocenters. The minimum Gasteiger partial charge on any atom is -0.478 e. The standard InChI is InChI=1S/C12H17NO5S/c1-5-7-13(6-2)19(16,17)11-9(4)18-8(3)10(11)12(14)15/h5H,1,6-7H2,2-4H3,(H,14,15). The Hall–Kier alpha value is -1.60. The van der Waals surface area contributed by atoms with E-state index >= 15 is 0 Å². The number of carbonyl (C=O) groups is 1. The van der Waals surface area contributed by atoms with Gasteiger partial charge in [0.05, 0.1) is 0 Å². The summed E-state index contributed by atoms with van der Waals surface area (Å²) in [6.45, 7) is 8.37. The molecule has 7 heteroatoms. The molecule has 0 aliphatic heterocycles. The average molecular weight is 287 g/mol. The van der Waals surface area contributed by atoms with Crippen molar-refractivity contribution in [1.82, 2.24) is 4.31 Å². The molecular formula is C12H17NO5S. The molecule has 1 heterocycles. The van der Waals surface area contributed by atoms with Crippen LogP contribution in [0.3, 0.4) is 0 Å². The number of carboxylic acids is 1. The van der Waals surface area contributed by atoms with Gasteiger partial charge in [0, 0.05) is 13.1 Å². The van der Waals surface area contributed by atoms with Gasteiger partial charge >= 0.3 is 5.97 Å². The quantitative estimate of drug-likeness (QED) is 0.806. The molecule has 0 bridgehead atoms. The number of nitrogens with zero attached hydrogens (tertiary/aromatic N) is 1. The third-order valence-corrected chi connectivity index (χ3v) is 4.80. The van der Waals surface area contributed by atoms with Gasteiger partial charge in [-0.25, -0.2) is 13.2 Å². The van der Waals surface area contributed by atoms with Gasteiger partial charge in [-0.1, -0.05) is 13.0 Å². The molecule has 0 aromatic carbocycles. The van der Waals surface area contributed by atoms with Gasteiger partial charge in [-0.05, 0) is 13.8 Å². The van der Waals surface area contributed by atoms with Crippen LogP contribution in [0, 0.1) is 13.8 Å². The molecule has 0 atom stereocenters.